The highest BCUT2D eigenvalue weighted by molar-refractivity contribution is 5.94. The van der Waals surface area contributed by atoms with E-state index < -0.39 is 23.6 Å². The van der Waals surface area contributed by atoms with Gasteiger partial charge < -0.3 is 10.4 Å². The molecule has 0 aliphatic rings. The van der Waals surface area contributed by atoms with Crippen molar-refractivity contribution in [1.82, 2.24) is 10.3 Å². The van der Waals surface area contributed by atoms with Gasteiger partial charge in [-0.15, -0.1) is 0 Å². The molecule has 0 saturated carbocycles. The molecule has 0 radical (unpaired) electrons. The number of pyridine rings is 1. The monoisotopic (exact) mass is 328 g/mol. The van der Waals surface area contributed by atoms with Gasteiger partial charge in [-0.1, -0.05) is 30.3 Å². The predicted octanol–water partition coefficient (Wildman–Crippen LogP) is 2.98. The molecule has 0 bridgehead atoms. The summed E-state index contributed by atoms with van der Waals surface area (Å²) in [7, 11) is 0. The Balaban J connectivity index is 1.68. The number of carbonyl (C=O) groups excluding carboxylic acids is 1. The number of halogens is 2. The highest BCUT2D eigenvalue weighted by Crippen LogP contribution is 2.16. The topological polar surface area (TPSA) is 62.2 Å². The number of fused-ring (bicyclic) bond motifs is 1. The molecule has 1 atom stereocenters. The van der Waals surface area contributed by atoms with Crippen molar-refractivity contribution in [3.05, 3.63) is 77.5 Å². The molecule has 1 amide bonds. The molecule has 0 aliphatic carbocycles. The molecule has 0 fully saturated rings. The third-order valence-electron chi connectivity index (χ3n) is 3.62. The highest BCUT2D eigenvalue weighted by atomic mass is 19.2. The first-order valence-electron chi connectivity index (χ1n) is 7.31. The Morgan fingerprint density at radius 1 is 1.08 bits per heavy atom. The van der Waals surface area contributed by atoms with Crippen LogP contribution in [-0.4, -0.2) is 22.5 Å². The highest BCUT2D eigenvalue weighted by Gasteiger charge is 2.14. The van der Waals surface area contributed by atoms with Crippen LogP contribution in [0.5, 0.6) is 0 Å². The van der Waals surface area contributed by atoms with Gasteiger partial charge in [0.05, 0.1) is 11.6 Å². The van der Waals surface area contributed by atoms with Gasteiger partial charge >= 0.3 is 0 Å². The summed E-state index contributed by atoms with van der Waals surface area (Å²) in [6.45, 7) is -0.140. The molecule has 1 aromatic heterocycles. The quantitative estimate of drug-likeness (QED) is 0.774. The summed E-state index contributed by atoms with van der Waals surface area (Å²) in [5.41, 5.74) is 1.08. The molecule has 1 unspecified atom stereocenters. The van der Waals surface area contributed by atoms with E-state index in [-0.39, 0.29) is 17.8 Å². The van der Waals surface area contributed by atoms with Gasteiger partial charge in [0, 0.05) is 11.9 Å². The summed E-state index contributed by atoms with van der Waals surface area (Å²) in [6, 6.07) is 13.8. The van der Waals surface area contributed by atoms with E-state index in [0.717, 1.165) is 17.5 Å². The molecule has 6 heteroatoms. The van der Waals surface area contributed by atoms with Crippen molar-refractivity contribution >= 4 is 16.8 Å². The Hall–Kier alpha value is -2.86. The normalized spacial score (nSPS) is 12.1. The Labute approximate surface area is 136 Å². The van der Waals surface area contributed by atoms with Gasteiger partial charge in [0.25, 0.3) is 5.91 Å². The van der Waals surface area contributed by atoms with E-state index in [2.05, 4.69) is 10.3 Å². The summed E-state index contributed by atoms with van der Waals surface area (Å²) < 4.78 is 26.1. The number of aromatic nitrogens is 1. The number of carbonyl (C=O) groups is 1. The first kappa shape index (κ1) is 16.0. The fourth-order valence-corrected chi connectivity index (χ4v) is 2.31. The number of hydrogen-bond acceptors (Lipinski definition) is 3. The number of hydrogen-bond donors (Lipinski definition) is 2. The molecule has 2 N–H and O–H groups in total. The van der Waals surface area contributed by atoms with Crippen LogP contribution in [0.2, 0.25) is 0 Å². The van der Waals surface area contributed by atoms with Crippen LogP contribution in [0.4, 0.5) is 8.78 Å². The van der Waals surface area contributed by atoms with Gasteiger partial charge in [-0.3, -0.25) is 4.79 Å². The fraction of sp³-hybridized carbons (Fsp3) is 0.111. The third-order valence-corrected chi connectivity index (χ3v) is 3.62. The largest absolute Gasteiger partial charge is 0.387 e. The Morgan fingerprint density at radius 2 is 1.88 bits per heavy atom. The molecule has 0 aliphatic heterocycles. The maximum atomic E-state index is 13.2. The van der Waals surface area contributed by atoms with E-state index >= 15 is 0 Å². The summed E-state index contributed by atoms with van der Waals surface area (Å²) >= 11 is 0. The van der Waals surface area contributed by atoms with Gasteiger partial charge in [0.1, 0.15) is 5.69 Å². The lowest BCUT2D eigenvalue weighted by molar-refractivity contribution is 0.0911. The van der Waals surface area contributed by atoms with Crippen LogP contribution in [0.25, 0.3) is 10.9 Å². The third kappa shape index (κ3) is 3.38. The number of aliphatic hydroxyl groups excluding tert-OH is 1. The first-order chi connectivity index (χ1) is 11.5. The standard InChI is InChI=1S/C18H14F2N2O2/c19-13-7-5-12(9-14(13)20)17(23)10-21-18(24)16-8-6-11-3-1-2-4-15(11)22-16/h1-9,17,23H,10H2,(H,21,24). The molecule has 122 valence electrons. The second-order valence-corrected chi connectivity index (χ2v) is 5.29. The molecular weight excluding hydrogens is 314 g/mol. The number of aliphatic hydroxyl groups is 1. The minimum Gasteiger partial charge on any atom is -0.387 e. The lowest BCUT2D eigenvalue weighted by Gasteiger charge is -2.12. The number of para-hydroxylation sites is 1. The number of rotatable bonds is 4. The number of nitrogens with zero attached hydrogens (tertiary/aromatic N) is 1. The second-order valence-electron chi connectivity index (χ2n) is 5.29. The average molecular weight is 328 g/mol. The Morgan fingerprint density at radius 3 is 2.67 bits per heavy atom. The zero-order valence-corrected chi connectivity index (χ0v) is 12.5. The van der Waals surface area contributed by atoms with Crippen molar-refractivity contribution in [1.29, 1.82) is 0 Å². The summed E-state index contributed by atoms with van der Waals surface area (Å²) in [4.78, 5) is 16.4. The maximum absolute atomic E-state index is 13.2. The summed E-state index contributed by atoms with van der Waals surface area (Å²) in [6.07, 6.45) is -1.15. The lowest BCUT2D eigenvalue weighted by Crippen LogP contribution is -2.29. The van der Waals surface area contributed by atoms with E-state index in [4.69, 9.17) is 0 Å². The van der Waals surface area contributed by atoms with Crippen molar-refractivity contribution in [2.45, 2.75) is 6.10 Å². The molecule has 0 spiro atoms. The van der Waals surface area contributed by atoms with Crippen LogP contribution >= 0.6 is 0 Å². The van der Waals surface area contributed by atoms with Crippen LogP contribution < -0.4 is 5.32 Å². The smallest absolute Gasteiger partial charge is 0.270 e. The van der Waals surface area contributed by atoms with E-state index in [1.807, 2.05) is 18.2 Å². The van der Waals surface area contributed by atoms with Crippen LogP contribution in [0, 0.1) is 11.6 Å². The minimum atomic E-state index is -1.15. The van der Waals surface area contributed by atoms with Gasteiger partial charge in [-0.25, -0.2) is 13.8 Å². The molecule has 0 saturated heterocycles. The number of benzene rings is 2. The van der Waals surface area contributed by atoms with Crippen molar-refractivity contribution in [2.75, 3.05) is 6.54 Å². The first-order valence-corrected chi connectivity index (χ1v) is 7.31. The molecule has 3 aromatic rings. The van der Waals surface area contributed by atoms with Crippen molar-refractivity contribution < 1.29 is 18.7 Å². The van der Waals surface area contributed by atoms with Gasteiger partial charge in [-0.2, -0.15) is 0 Å². The van der Waals surface area contributed by atoms with Crippen LogP contribution in [0.15, 0.2) is 54.6 Å². The van der Waals surface area contributed by atoms with E-state index in [1.165, 1.54) is 6.07 Å². The second kappa shape index (κ2) is 6.72. The molecule has 4 nitrogen and oxygen atoms in total. The van der Waals surface area contributed by atoms with Crippen molar-refractivity contribution in [3.8, 4) is 0 Å². The van der Waals surface area contributed by atoms with Gasteiger partial charge in [0.15, 0.2) is 11.6 Å². The maximum Gasteiger partial charge on any atom is 0.270 e. The predicted molar refractivity (Wildman–Crippen MR) is 85.4 cm³/mol. The van der Waals surface area contributed by atoms with E-state index in [1.54, 1.807) is 18.2 Å². The number of nitrogens with one attached hydrogen (secondary N) is 1. The van der Waals surface area contributed by atoms with Crippen LogP contribution in [0.3, 0.4) is 0 Å². The van der Waals surface area contributed by atoms with Crippen LogP contribution in [0.1, 0.15) is 22.2 Å². The molecule has 24 heavy (non-hydrogen) atoms. The van der Waals surface area contributed by atoms with Crippen molar-refractivity contribution in [2.24, 2.45) is 0 Å². The van der Waals surface area contributed by atoms with E-state index in [9.17, 15) is 18.7 Å². The Kier molecular flexibility index (Phi) is 4.48. The summed E-state index contributed by atoms with van der Waals surface area (Å²) in [5.74, 6) is -2.49. The SMILES string of the molecule is O=C(NCC(O)c1ccc(F)c(F)c1)c1ccc2ccccc2n1. The molecule has 3 rings (SSSR count). The zero-order chi connectivity index (χ0) is 17.1. The van der Waals surface area contributed by atoms with Gasteiger partial charge in [-0.05, 0) is 29.8 Å². The summed E-state index contributed by atoms with van der Waals surface area (Å²) in [5, 5.41) is 13.4. The van der Waals surface area contributed by atoms with Crippen LogP contribution in [-0.2, 0) is 0 Å². The fourth-order valence-electron chi connectivity index (χ4n) is 2.31. The average Bonchev–Trinajstić information content (AvgIpc) is 2.61. The van der Waals surface area contributed by atoms with E-state index in [0.29, 0.717) is 5.52 Å². The molecule has 1 heterocycles. The zero-order valence-electron chi connectivity index (χ0n) is 12.5. The Bertz CT molecular complexity index is 899. The minimum absolute atomic E-state index is 0.140. The van der Waals surface area contributed by atoms with Gasteiger partial charge in [0.2, 0.25) is 0 Å². The lowest BCUT2D eigenvalue weighted by atomic mass is 10.1. The molecule has 2 aromatic carbocycles. The number of amides is 1. The van der Waals surface area contributed by atoms with Crippen molar-refractivity contribution in [3.63, 3.8) is 0 Å². The molecular formula is C18H14F2N2O2.